The molecule has 8 heteroatoms. The highest BCUT2D eigenvalue weighted by Gasteiger charge is 2.12. The first-order chi connectivity index (χ1) is 13.5. The first kappa shape index (κ1) is 19.5. The van der Waals surface area contributed by atoms with Gasteiger partial charge in [-0.2, -0.15) is 8.78 Å². The van der Waals surface area contributed by atoms with Crippen LogP contribution in [0.5, 0.6) is 23.0 Å². The van der Waals surface area contributed by atoms with Crippen molar-refractivity contribution in [1.29, 1.82) is 0 Å². The molecule has 0 fully saturated rings. The second kappa shape index (κ2) is 9.07. The molecule has 0 bridgehead atoms. The Balaban J connectivity index is 1.57. The van der Waals surface area contributed by atoms with E-state index in [9.17, 15) is 13.6 Å². The summed E-state index contributed by atoms with van der Waals surface area (Å²) in [6.07, 6.45) is 2.89. The number of carbonyl (C=O) groups excluding carboxylic acids is 1. The monoisotopic (exact) mass is 392 g/mol. The number of alkyl halides is 2. The van der Waals surface area contributed by atoms with Crippen LogP contribution in [0.2, 0.25) is 0 Å². The minimum absolute atomic E-state index is 0.0460. The maximum atomic E-state index is 12.3. The van der Waals surface area contributed by atoms with Gasteiger partial charge in [0, 0.05) is 6.08 Å². The lowest BCUT2D eigenvalue weighted by Gasteiger charge is -2.18. The molecule has 1 aliphatic heterocycles. The van der Waals surface area contributed by atoms with Crippen molar-refractivity contribution in [3.8, 4) is 23.0 Å². The first-order valence-electron chi connectivity index (χ1n) is 8.41. The van der Waals surface area contributed by atoms with Gasteiger partial charge in [0.1, 0.15) is 19.8 Å². The van der Waals surface area contributed by atoms with Gasteiger partial charge in [0.05, 0.1) is 7.11 Å². The van der Waals surface area contributed by atoms with Gasteiger partial charge in [0.25, 0.3) is 0 Å². The van der Waals surface area contributed by atoms with Gasteiger partial charge in [-0.15, -0.1) is 0 Å². The number of fused-ring (bicyclic) bond motifs is 1. The summed E-state index contributed by atoms with van der Waals surface area (Å²) in [4.78, 5) is 11.9. The van der Waals surface area contributed by atoms with E-state index in [1.54, 1.807) is 24.3 Å². The molecule has 0 unspecified atom stereocenters. The van der Waals surface area contributed by atoms with E-state index >= 15 is 0 Å². The summed E-state index contributed by atoms with van der Waals surface area (Å²) < 4.78 is 50.1. The third kappa shape index (κ3) is 5.12. The van der Waals surface area contributed by atoms with Crippen LogP contribution in [-0.2, 0) is 16.1 Å². The molecule has 0 spiro atoms. The topological polar surface area (TPSA) is 63.2 Å². The molecule has 0 atom stereocenters. The lowest BCUT2D eigenvalue weighted by atomic mass is 10.2. The standard InChI is InChI=1S/C20H18F2O6/c1-24-17-11-14(3-6-16(17)28-20(21)22)12-27-19(23)7-4-13-2-5-15-18(10-13)26-9-8-25-15/h2-7,10-11,20H,8-9,12H2,1H3/b7-4+. The summed E-state index contributed by atoms with van der Waals surface area (Å²) >= 11 is 0. The van der Waals surface area contributed by atoms with Crippen molar-refractivity contribution in [3.63, 3.8) is 0 Å². The van der Waals surface area contributed by atoms with Crippen molar-refractivity contribution in [1.82, 2.24) is 0 Å². The third-order valence-corrected chi connectivity index (χ3v) is 3.80. The highest BCUT2D eigenvalue weighted by atomic mass is 19.3. The molecule has 0 aromatic heterocycles. The van der Waals surface area contributed by atoms with Crippen LogP contribution < -0.4 is 18.9 Å². The van der Waals surface area contributed by atoms with Crippen molar-refractivity contribution in [3.05, 3.63) is 53.6 Å². The molecule has 0 amide bonds. The molecule has 2 aromatic carbocycles. The van der Waals surface area contributed by atoms with Crippen LogP contribution in [0.25, 0.3) is 6.08 Å². The van der Waals surface area contributed by atoms with E-state index in [0.29, 0.717) is 30.3 Å². The zero-order chi connectivity index (χ0) is 19.9. The largest absolute Gasteiger partial charge is 0.493 e. The van der Waals surface area contributed by atoms with E-state index < -0.39 is 12.6 Å². The molecule has 0 saturated heterocycles. The molecular formula is C20H18F2O6. The first-order valence-corrected chi connectivity index (χ1v) is 8.41. The number of benzene rings is 2. The van der Waals surface area contributed by atoms with E-state index in [1.807, 2.05) is 0 Å². The number of ether oxygens (including phenoxy) is 5. The smallest absolute Gasteiger partial charge is 0.387 e. The zero-order valence-corrected chi connectivity index (χ0v) is 15.0. The molecule has 0 aliphatic carbocycles. The predicted octanol–water partition coefficient (Wildman–Crippen LogP) is 3.82. The van der Waals surface area contributed by atoms with Crippen molar-refractivity contribution in [2.24, 2.45) is 0 Å². The quantitative estimate of drug-likeness (QED) is 0.527. The molecular weight excluding hydrogens is 374 g/mol. The minimum atomic E-state index is -2.96. The highest BCUT2D eigenvalue weighted by Crippen LogP contribution is 2.31. The molecule has 1 heterocycles. The van der Waals surface area contributed by atoms with Crippen LogP contribution in [0.15, 0.2) is 42.5 Å². The van der Waals surface area contributed by atoms with E-state index in [1.165, 1.54) is 31.4 Å². The van der Waals surface area contributed by atoms with Crippen molar-refractivity contribution in [2.45, 2.75) is 13.2 Å². The van der Waals surface area contributed by atoms with Gasteiger partial charge in [-0.1, -0.05) is 12.1 Å². The van der Waals surface area contributed by atoms with Crippen LogP contribution in [-0.4, -0.2) is 32.9 Å². The Morgan fingerprint density at radius 1 is 1.11 bits per heavy atom. The summed E-state index contributed by atoms with van der Waals surface area (Å²) in [7, 11) is 1.33. The second-order valence-electron chi connectivity index (χ2n) is 5.71. The number of esters is 1. The Morgan fingerprint density at radius 2 is 1.89 bits per heavy atom. The average Bonchev–Trinajstić information content (AvgIpc) is 2.71. The average molecular weight is 392 g/mol. The van der Waals surface area contributed by atoms with Crippen LogP contribution in [0.4, 0.5) is 8.78 Å². The number of rotatable bonds is 7. The summed E-state index contributed by atoms with van der Waals surface area (Å²) in [5.41, 5.74) is 1.33. The second-order valence-corrected chi connectivity index (χ2v) is 5.71. The summed E-state index contributed by atoms with van der Waals surface area (Å²) in [5.74, 6) is 0.771. The van der Waals surface area contributed by atoms with Crippen LogP contribution in [0.1, 0.15) is 11.1 Å². The number of hydrogen-bond acceptors (Lipinski definition) is 6. The Hall–Kier alpha value is -3.29. The van der Waals surface area contributed by atoms with Crippen LogP contribution in [0, 0.1) is 0 Å². The molecule has 148 valence electrons. The van der Waals surface area contributed by atoms with Gasteiger partial charge in [0.15, 0.2) is 23.0 Å². The molecule has 2 aromatic rings. The van der Waals surface area contributed by atoms with Gasteiger partial charge < -0.3 is 23.7 Å². The van der Waals surface area contributed by atoms with Gasteiger partial charge >= 0.3 is 12.6 Å². The fourth-order valence-electron chi connectivity index (χ4n) is 2.53. The third-order valence-electron chi connectivity index (χ3n) is 3.80. The number of halogens is 2. The lowest BCUT2D eigenvalue weighted by Crippen LogP contribution is -2.15. The Labute approximate surface area is 160 Å². The molecule has 0 saturated carbocycles. The van der Waals surface area contributed by atoms with Crippen molar-refractivity contribution >= 4 is 12.0 Å². The summed E-state index contributed by atoms with van der Waals surface area (Å²) in [6.45, 7) is -2.01. The van der Waals surface area contributed by atoms with Gasteiger partial charge in [-0.05, 0) is 41.5 Å². The Bertz CT molecular complexity index is 866. The molecule has 1 aliphatic rings. The maximum Gasteiger partial charge on any atom is 0.387 e. The lowest BCUT2D eigenvalue weighted by molar-refractivity contribution is -0.138. The number of hydrogen-bond donors (Lipinski definition) is 0. The zero-order valence-electron chi connectivity index (χ0n) is 15.0. The van der Waals surface area contributed by atoms with Gasteiger partial charge in [0.2, 0.25) is 0 Å². The van der Waals surface area contributed by atoms with E-state index in [-0.39, 0.29) is 18.1 Å². The molecule has 6 nitrogen and oxygen atoms in total. The fourth-order valence-corrected chi connectivity index (χ4v) is 2.53. The van der Waals surface area contributed by atoms with Gasteiger partial charge in [-0.25, -0.2) is 4.79 Å². The van der Waals surface area contributed by atoms with E-state index in [0.717, 1.165) is 5.56 Å². The van der Waals surface area contributed by atoms with Crippen LogP contribution in [0.3, 0.4) is 0 Å². The number of methoxy groups -OCH3 is 1. The SMILES string of the molecule is COc1cc(COC(=O)/C=C/c2ccc3c(c2)OCCO3)ccc1OC(F)F. The predicted molar refractivity (Wildman–Crippen MR) is 95.9 cm³/mol. The van der Waals surface area contributed by atoms with Crippen molar-refractivity contribution in [2.75, 3.05) is 20.3 Å². The van der Waals surface area contributed by atoms with Gasteiger partial charge in [-0.3, -0.25) is 0 Å². The summed E-state index contributed by atoms with van der Waals surface area (Å²) in [5, 5.41) is 0. The molecule has 0 N–H and O–H groups in total. The molecule has 28 heavy (non-hydrogen) atoms. The fraction of sp³-hybridized carbons (Fsp3) is 0.250. The van der Waals surface area contributed by atoms with Crippen molar-refractivity contribution < 1.29 is 37.3 Å². The normalized spacial score (nSPS) is 12.9. The Kier molecular flexibility index (Phi) is 6.31. The maximum absolute atomic E-state index is 12.3. The van der Waals surface area contributed by atoms with E-state index in [4.69, 9.17) is 18.9 Å². The summed E-state index contributed by atoms with van der Waals surface area (Å²) in [6, 6.07) is 9.65. The molecule has 3 rings (SSSR count). The minimum Gasteiger partial charge on any atom is -0.493 e. The Morgan fingerprint density at radius 3 is 2.64 bits per heavy atom. The van der Waals surface area contributed by atoms with Crippen LogP contribution >= 0.6 is 0 Å². The molecule has 0 radical (unpaired) electrons. The van der Waals surface area contributed by atoms with E-state index in [2.05, 4.69) is 4.74 Å². The number of carbonyl (C=O) groups is 1. The highest BCUT2D eigenvalue weighted by molar-refractivity contribution is 5.87.